The number of likely N-dealkylation sites (tertiary alicyclic amines) is 1. The van der Waals surface area contributed by atoms with Gasteiger partial charge in [-0.2, -0.15) is 0 Å². The molecule has 2 unspecified atom stereocenters. The molecule has 2 aliphatic heterocycles. The molecule has 1 aromatic rings. The zero-order valence-electron chi connectivity index (χ0n) is 15.6. The van der Waals surface area contributed by atoms with Crippen molar-refractivity contribution in [2.45, 2.75) is 31.8 Å². The van der Waals surface area contributed by atoms with E-state index in [0.29, 0.717) is 45.4 Å². The van der Waals surface area contributed by atoms with Gasteiger partial charge >= 0.3 is 0 Å². The molecule has 3 rings (SSSR count). The molecule has 2 atom stereocenters. The Morgan fingerprint density at radius 3 is 2.48 bits per heavy atom. The molecule has 0 aliphatic carbocycles. The fourth-order valence-corrected chi connectivity index (χ4v) is 3.75. The molecule has 0 bridgehead atoms. The zero-order valence-corrected chi connectivity index (χ0v) is 16.4. The van der Waals surface area contributed by atoms with Gasteiger partial charge in [0.2, 0.25) is 11.8 Å². The van der Waals surface area contributed by atoms with Crippen LogP contribution in [-0.4, -0.2) is 60.6 Å². The maximum atomic E-state index is 12.4. The van der Waals surface area contributed by atoms with Crippen LogP contribution in [-0.2, 0) is 16.0 Å². The maximum absolute atomic E-state index is 12.4. The fraction of sp³-hybridized carbons (Fsp3) is 0.600. The van der Waals surface area contributed by atoms with Crippen molar-refractivity contribution >= 4 is 24.2 Å². The number of nitrogens with zero attached hydrogens (tertiary/aromatic N) is 1. The van der Waals surface area contributed by atoms with E-state index in [1.54, 1.807) is 0 Å². The van der Waals surface area contributed by atoms with Crippen molar-refractivity contribution in [3.63, 3.8) is 0 Å². The van der Waals surface area contributed by atoms with Crippen molar-refractivity contribution in [2.24, 2.45) is 11.8 Å². The van der Waals surface area contributed by atoms with Crippen molar-refractivity contribution in [1.29, 1.82) is 0 Å². The lowest BCUT2D eigenvalue weighted by atomic mass is 9.95. The number of hydrogen-bond donors (Lipinski definition) is 3. The van der Waals surface area contributed by atoms with Gasteiger partial charge in [-0.25, -0.2) is 0 Å². The van der Waals surface area contributed by atoms with Gasteiger partial charge < -0.3 is 20.6 Å². The summed E-state index contributed by atoms with van der Waals surface area (Å²) >= 11 is 0. The van der Waals surface area contributed by atoms with E-state index in [0.717, 1.165) is 13.0 Å². The summed E-state index contributed by atoms with van der Waals surface area (Å²) in [4.78, 5) is 26.6. The van der Waals surface area contributed by atoms with Gasteiger partial charge in [0.1, 0.15) is 0 Å². The third-order valence-electron chi connectivity index (χ3n) is 5.53. The molecular weight excluding hydrogens is 366 g/mol. The van der Waals surface area contributed by atoms with Crippen LogP contribution >= 0.6 is 12.4 Å². The first-order valence-electron chi connectivity index (χ1n) is 9.61. The molecule has 2 amide bonds. The summed E-state index contributed by atoms with van der Waals surface area (Å²) in [5.74, 6) is 0.298. The highest BCUT2D eigenvalue weighted by Gasteiger charge is 2.29. The molecule has 0 spiro atoms. The Kier molecular flexibility index (Phi) is 8.54. The standard InChI is InChI=1S/C20H29N3O3.ClH/c24-18-14-21-12-17(18)13-22-20(26)16-8-10-23(11-9-16)19(25)7-6-15-4-2-1-3-5-15;/h1-5,16-18,21,24H,6-14H2,(H,22,26);1H. The molecule has 2 saturated heterocycles. The number of carbonyl (C=O) groups is 2. The highest BCUT2D eigenvalue weighted by molar-refractivity contribution is 5.85. The summed E-state index contributed by atoms with van der Waals surface area (Å²) in [7, 11) is 0. The topological polar surface area (TPSA) is 81.7 Å². The summed E-state index contributed by atoms with van der Waals surface area (Å²) in [5, 5.41) is 15.9. The summed E-state index contributed by atoms with van der Waals surface area (Å²) in [6.45, 7) is 3.17. The van der Waals surface area contributed by atoms with Crippen LogP contribution in [0.5, 0.6) is 0 Å². The van der Waals surface area contributed by atoms with E-state index in [4.69, 9.17) is 0 Å². The second-order valence-corrected chi connectivity index (χ2v) is 7.37. The number of aliphatic hydroxyl groups excluding tert-OH is 1. The second kappa shape index (κ2) is 10.6. The van der Waals surface area contributed by atoms with Gasteiger partial charge in [0.25, 0.3) is 0 Å². The van der Waals surface area contributed by atoms with E-state index in [1.807, 2.05) is 35.2 Å². The number of nitrogens with one attached hydrogen (secondary N) is 2. The van der Waals surface area contributed by atoms with E-state index in [9.17, 15) is 14.7 Å². The number of rotatable bonds is 6. The molecule has 0 saturated carbocycles. The second-order valence-electron chi connectivity index (χ2n) is 7.37. The maximum Gasteiger partial charge on any atom is 0.223 e. The SMILES string of the molecule is Cl.O=C(NCC1CNCC1O)C1CCN(C(=O)CCc2ccccc2)CC1. The minimum atomic E-state index is -0.376. The first kappa shape index (κ1) is 21.7. The first-order valence-corrected chi connectivity index (χ1v) is 9.61. The van der Waals surface area contributed by atoms with Crippen LogP contribution in [0, 0.1) is 11.8 Å². The number of aliphatic hydroxyl groups is 1. The number of hydrogen-bond acceptors (Lipinski definition) is 4. The van der Waals surface area contributed by atoms with Crippen molar-refractivity contribution in [1.82, 2.24) is 15.5 Å². The Morgan fingerprint density at radius 2 is 1.85 bits per heavy atom. The van der Waals surface area contributed by atoms with Crippen LogP contribution in [0.15, 0.2) is 30.3 Å². The minimum Gasteiger partial charge on any atom is -0.391 e. The van der Waals surface area contributed by atoms with E-state index in [2.05, 4.69) is 10.6 Å². The van der Waals surface area contributed by atoms with Gasteiger partial charge in [-0.15, -0.1) is 12.4 Å². The average Bonchev–Trinajstić information content (AvgIpc) is 3.10. The normalized spacial score (nSPS) is 22.9. The van der Waals surface area contributed by atoms with E-state index < -0.39 is 0 Å². The number of halogens is 1. The Balaban J connectivity index is 0.00000261. The molecule has 1 aromatic carbocycles. The van der Waals surface area contributed by atoms with E-state index >= 15 is 0 Å². The molecule has 27 heavy (non-hydrogen) atoms. The lowest BCUT2D eigenvalue weighted by Crippen LogP contribution is -2.44. The van der Waals surface area contributed by atoms with Crippen molar-refractivity contribution in [3.8, 4) is 0 Å². The number of benzene rings is 1. The molecular formula is C20H30ClN3O3. The summed E-state index contributed by atoms with van der Waals surface area (Å²) < 4.78 is 0. The number of β-amino-alcohol motifs (C(OH)–C–C–N with tert-alkyl or cyclic N) is 1. The molecule has 7 heteroatoms. The van der Waals surface area contributed by atoms with Crippen molar-refractivity contribution in [2.75, 3.05) is 32.7 Å². The molecule has 0 radical (unpaired) electrons. The number of carbonyl (C=O) groups excluding carboxylic acids is 2. The van der Waals surface area contributed by atoms with Gasteiger partial charge in [0.15, 0.2) is 0 Å². The van der Waals surface area contributed by atoms with Crippen LogP contribution in [0.3, 0.4) is 0 Å². The van der Waals surface area contributed by atoms with Crippen LogP contribution < -0.4 is 10.6 Å². The van der Waals surface area contributed by atoms with Gasteiger partial charge in [-0.1, -0.05) is 30.3 Å². The summed E-state index contributed by atoms with van der Waals surface area (Å²) in [6, 6.07) is 10.0. The Hall–Kier alpha value is -1.63. The van der Waals surface area contributed by atoms with Crippen LogP contribution in [0.2, 0.25) is 0 Å². The lowest BCUT2D eigenvalue weighted by molar-refractivity contribution is -0.135. The van der Waals surface area contributed by atoms with Gasteiger partial charge in [0, 0.05) is 51.0 Å². The average molecular weight is 396 g/mol. The van der Waals surface area contributed by atoms with Gasteiger partial charge in [0.05, 0.1) is 6.10 Å². The minimum absolute atomic E-state index is 0. The lowest BCUT2D eigenvalue weighted by Gasteiger charge is -2.31. The highest BCUT2D eigenvalue weighted by atomic mass is 35.5. The van der Waals surface area contributed by atoms with Gasteiger partial charge in [-0.3, -0.25) is 9.59 Å². The Labute approximate surface area is 167 Å². The molecule has 2 aliphatic rings. The summed E-state index contributed by atoms with van der Waals surface area (Å²) in [5.41, 5.74) is 1.18. The number of piperidine rings is 1. The highest BCUT2D eigenvalue weighted by Crippen LogP contribution is 2.19. The van der Waals surface area contributed by atoms with E-state index in [-0.39, 0.29) is 42.2 Å². The Bertz CT molecular complexity index is 606. The molecule has 0 aromatic heterocycles. The zero-order chi connectivity index (χ0) is 18.4. The number of aryl methyl sites for hydroxylation is 1. The summed E-state index contributed by atoms with van der Waals surface area (Å²) in [6.07, 6.45) is 2.34. The van der Waals surface area contributed by atoms with Crippen molar-refractivity contribution in [3.05, 3.63) is 35.9 Å². The molecule has 150 valence electrons. The van der Waals surface area contributed by atoms with Crippen LogP contribution in [0.1, 0.15) is 24.8 Å². The molecule has 2 fully saturated rings. The predicted molar refractivity (Wildman–Crippen MR) is 107 cm³/mol. The van der Waals surface area contributed by atoms with Gasteiger partial charge in [-0.05, 0) is 24.8 Å². The van der Waals surface area contributed by atoms with Crippen molar-refractivity contribution < 1.29 is 14.7 Å². The molecule has 2 heterocycles. The van der Waals surface area contributed by atoms with E-state index in [1.165, 1.54) is 5.56 Å². The van der Waals surface area contributed by atoms with Crippen LogP contribution in [0.25, 0.3) is 0 Å². The monoisotopic (exact) mass is 395 g/mol. The molecule has 3 N–H and O–H groups in total. The first-order chi connectivity index (χ1) is 12.6. The smallest absolute Gasteiger partial charge is 0.223 e. The fourth-order valence-electron chi connectivity index (χ4n) is 3.75. The largest absolute Gasteiger partial charge is 0.391 e. The number of amides is 2. The predicted octanol–water partition coefficient (Wildman–Crippen LogP) is 0.976. The third kappa shape index (κ3) is 6.19. The third-order valence-corrected chi connectivity index (χ3v) is 5.53. The Morgan fingerprint density at radius 1 is 1.15 bits per heavy atom. The molecule has 6 nitrogen and oxygen atoms in total. The quantitative estimate of drug-likeness (QED) is 0.670. The van der Waals surface area contributed by atoms with Crippen LogP contribution in [0.4, 0.5) is 0 Å².